The minimum absolute atomic E-state index is 0.00339. The zero-order valence-corrected chi connectivity index (χ0v) is 9.77. The second-order valence-electron chi connectivity index (χ2n) is 3.98. The fourth-order valence-electron chi connectivity index (χ4n) is 1.90. The number of aromatic carboxylic acids is 1. The van der Waals surface area contributed by atoms with Gasteiger partial charge in [-0.25, -0.2) is 4.79 Å². The molecule has 1 aromatic rings. The molecule has 1 aromatic carbocycles. The van der Waals surface area contributed by atoms with E-state index in [2.05, 4.69) is 5.32 Å². The Kier molecular flexibility index (Phi) is 3.01. The van der Waals surface area contributed by atoms with Gasteiger partial charge in [0.05, 0.1) is 29.9 Å². The summed E-state index contributed by atoms with van der Waals surface area (Å²) in [4.78, 5) is 35.1. The van der Waals surface area contributed by atoms with Gasteiger partial charge in [-0.15, -0.1) is 0 Å². The molecule has 6 heteroatoms. The van der Waals surface area contributed by atoms with Crippen LogP contribution in [0.2, 0.25) is 0 Å². The molecule has 0 atom stereocenters. The number of benzene rings is 1. The number of hydrogen-bond donors (Lipinski definition) is 2. The summed E-state index contributed by atoms with van der Waals surface area (Å²) in [6, 6.07) is 4.42. The van der Waals surface area contributed by atoms with Gasteiger partial charge in [-0.1, -0.05) is 0 Å². The second kappa shape index (κ2) is 4.48. The topological polar surface area (TPSA) is 86.7 Å². The molecule has 0 aromatic heterocycles. The third-order valence-electron chi connectivity index (χ3n) is 2.79. The normalized spacial score (nSPS) is 15.1. The SMILES string of the molecule is CNc1ccc(C(=O)O)cc1N1CC(=O)CC1=O. The van der Waals surface area contributed by atoms with Crippen molar-refractivity contribution in [2.75, 3.05) is 23.8 Å². The van der Waals surface area contributed by atoms with Crippen LogP contribution in [-0.4, -0.2) is 36.4 Å². The van der Waals surface area contributed by atoms with Crippen molar-refractivity contribution in [1.82, 2.24) is 0 Å². The molecule has 0 saturated carbocycles. The molecule has 2 N–H and O–H groups in total. The fourth-order valence-corrected chi connectivity index (χ4v) is 1.90. The molecule has 1 aliphatic rings. The number of carboxylic acids is 1. The van der Waals surface area contributed by atoms with Crippen LogP contribution < -0.4 is 10.2 Å². The lowest BCUT2D eigenvalue weighted by atomic mass is 10.1. The van der Waals surface area contributed by atoms with Crippen molar-refractivity contribution in [3.63, 3.8) is 0 Å². The molecule has 0 bridgehead atoms. The molecule has 0 unspecified atom stereocenters. The molecule has 18 heavy (non-hydrogen) atoms. The molecule has 0 radical (unpaired) electrons. The standard InChI is InChI=1S/C12H12N2O4/c1-13-9-3-2-7(12(17)18)4-10(9)14-6-8(15)5-11(14)16/h2-4,13H,5-6H2,1H3,(H,17,18). The van der Waals surface area contributed by atoms with Gasteiger partial charge in [0.25, 0.3) is 0 Å². The monoisotopic (exact) mass is 248 g/mol. The third kappa shape index (κ3) is 2.04. The molecule has 1 saturated heterocycles. The first-order chi connectivity index (χ1) is 8.52. The summed E-state index contributed by atoms with van der Waals surface area (Å²) in [5.41, 5.74) is 1.12. The number of carboxylic acid groups (broad SMARTS) is 1. The molecule has 6 nitrogen and oxygen atoms in total. The van der Waals surface area contributed by atoms with E-state index in [4.69, 9.17) is 5.11 Å². The van der Waals surface area contributed by atoms with Gasteiger partial charge in [0, 0.05) is 7.05 Å². The lowest BCUT2D eigenvalue weighted by Gasteiger charge is -2.19. The lowest BCUT2D eigenvalue weighted by molar-refractivity contribution is -0.121. The van der Waals surface area contributed by atoms with Gasteiger partial charge >= 0.3 is 5.97 Å². The highest BCUT2D eigenvalue weighted by Crippen LogP contribution is 2.29. The van der Waals surface area contributed by atoms with E-state index in [-0.39, 0.29) is 30.2 Å². The van der Waals surface area contributed by atoms with Crippen LogP contribution in [0.4, 0.5) is 11.4 Å². The van der Waals surface area contributed by atoms with Gasteiger partial charge in [-0.05, 0) is 18.2 Å². The van der Waals surface area contributed by atoms with Gasteiger partial charge in [-0.3, -0.25) is 9.59 Å². The van der Waals surface area contributed by atoms with Crippen LogP contribution in [-0.2, 0) is 9.59 Å². The molecular formula is C12H12N2O4. The summed E-state index contributed by atoms with van der Waals surface area (Å²) < 4.78 is 0. The summed E-state index contributed by atoms with van der Waals surface area (Å²) in [6.07, 6.45) is -0.125. The van der Waals surface area contributed by atoms with Gasteiger partial charge in [-0.2, -0.15) is 0 Å². The second-order valence-corrected chi connectivity index (χ2v) is 3.98. The van der Waals surface area contributed by atoms with Crippen molar-refractivity contribution in [2.45, 2.75) is 6.42 Å². The summed E-state index contributed by atoms with van der Waals surface area (Å²) in [5, 5.41) is 11.8. The molecule has 0 aliphatic carbocycles. The zero-order valence-electron chi connectivity index (χ0n) is 9.77. The first-order valence-electron chi connectivity index (χ1n) is 5.40. The molecule has 1 fully saturated rings. The predicted octanol–water partition coefficient (Wildman–Crippen LogP) is 0.732. The molecule has 1 aliphatic heterocycles. The lowest BCUT2D eigenvalue weighted by Crippen LogP contribution is -2.25. The number of anilines is 2. The summed E-state index contributed by atoms with van der Waals surface area (Å²) in [6.45, 7) is -0.00339. The van der Waals surface area contributed by atoms with E-state index in [9.17, 15) is 14.4 Å². The minimum atomic E-state index is -1.07. The predicted molar refractivity (Wildman–Crippen MR) is 64.9 cm³/mol. The van der Waals surface area contributed by atoms with E-state index in [0.29, 0.717) is 11.4 Å². The minimum Gasteiger partial charge on any atom is -0.478 e. The average molecular weight is 248 g/mol. The van der Waals surface area contributed by atoms with Crippen molar-refractivity contribution in [2.24, 2.45) is 0 Å². The van der Waals surface area contributed by atoms with Crippen molar-refractivity contribution in [3.8, 4) is 0 Å². The van der Waals surface area contributed by atoms with E-state index >= 15 is 0 Å². The molecule has 1 heterocycles. The number of carbonyl (C=O) groups excluding carboxylic acids is 2. The Hall–Kier alpha value is -2.37. The van der Waals surface area contributed by atoms with Crippen LogP contribution in [0.5, 0.6) is 0 Å². The Morgan fingerprint density at radius 3 is 2.61 bits per heavy atom. The molecule has 2 rings (SSSR count). The third-order valence-corrected chi connectivity index (χ3v) is 2.79. The summed E-state index contributed by atoms with van der Waals surface area (Å²) in [5.74, 6) is -1.54. The van der Waals surface area contributed by atoms with Crippen LogP contribution in [0.15, 0.2) is 18.2 Å². The Labute approximate surface area is 103 Å². The van der Waals surface area contributed by atoms with Crippen LogP contribution in [0.1, 0.15) is 16.8 Å². The Morgan fingerprint density at radius 1 is 1.39 bits per heavy atom. The Balaban J connectivity index is 2.47. The number of carbonyl (C=O) groups is 3. The Bertz CT molecular complexity index is 539. The summed E-state index contributed by atoms with van der Waals surface area (Å²) >= 11 is 0. The number of Topliss-reactive ketones (excluding diaryl/α,β-unsaturated/α-hetero) is 1. The molecule has 0 spiro atoms. The van der Waals surface area contributed by atoms with Crippen LogP contribution in [0.3, 0.4) is 0 Å². The van der Waals surface area contributed by atoms with Gasteiger partial charge in [0.1, 0.15) is 0 Å². The first kappa shape index (κ1) is 12.1. The van der Waals surface area contributed by atoms with Crippen LogP contribution >= 0.6 is 0 Å². The van der Waals surface area contributed by atoms with E-state index in [1.54, 1.807) is 13.1 Å². The number of nitrogens with zero attached hydrogens (tertiary/aromatic N) is 1. The fraction of sp³-hybridized carbons (Fsp3) is 0.250. The quantitative estimate of drug-likeness (QED) is 0.770. The van der Waals surface area contributed by atoms with Crippen molar-refractivity contribution >= 4 is 29.0 Å². The number of hydrogen-bond acceptors (Lipinski definition) is 4. The number of ketones is 1. The van der Waals surface area contributed by atoms with Gasteiger partial charge < -0.3 is 15.3 Å². The van der Waals surface area contributed by atoms with Crippen molar-refractivity contribution in [3.05, 3.63) is 23.8 Å². The summed E-state index contributed by atoms with van der Waals surface area (Å²) in [7, 11) is 1.67. The maximum absolute atomic E-state index is 11.7. The molecule has 1 amide bonds. The zero-order chi connectivity index (χ0) is 13.3. The van der Waals surface area contributed by atoms with Crippen molar-refractivity contribution < 1.29 is 19.5 Å². The number of rotatable bonds is 3. The Morgan fingerprint density at radius 2 is 2.11 bits per heavy atom. The highest BCUT2D eigenvalue weighted by molar-refractivity contribution is 6.16. The maximum Gasteiger partial charge on any atom is 0.335 e. The van der Waals surface area contributed by atoms with Crippen LogP contribution in [0, 0.1) is 0 Å². The van der Waals surface area contributed by atoms with Gasteiger partial charge in [0.15, 0.2) is 5.78 Å². The first-order valence-corrected chi connectivity index (χ1v) is 5.40. The number of amides is 1. The van der Waals surface area contributed by atoms with Gasteiger partial charge in [0.2, 0.25) is 5.91 Å². The van der Waals surface area contributed by atoms with Crippen LogP contribution in [0.25, 0.3) is 0 Å². The van der Waals surface area contributed by atoms with Crippen molar-refractivity contribution in [1.29, 1.82) is 0 Å². The average Bonchev–Trinajstić information content (AvgIpc) is 2.67. The van der Waals surface area contributed by atoms with E-state index in [0.717, 1.165) is 0 Å². The molecular weight excluding hydrogens is 236 g/mol. The molecule has 94 valence electrons. The van der Waals surface area contributed by atoms with E-state index in [1.807, 2.05) is 0 Å². The van der Waals surface area contributed by atoms with E-state index in [1.165, 1.54) is 17.0 Å². The highest BCUT2D eigenvalue weighted by Gasteiger charge is 2.30. The largest absolute Gasteiger partial charge is 0.478 e. The smallest absolute Gasteiger partial charge is 0.335 e. The van der Waals surface area contributed by atoms with E-state index < -0.39 is 5.97 Å². The number of nitrogens with one attached hydrogen (secondary N) is 1. The maximum atomic E-state index is 11.7. The highest BCUT2D eigenvalue weighted by atomic mass is 16.4.